The third-order valence-corrected chi connectivity index (χ3v) is 5.48. The average Bonchev–Trinajstić information content (AvgIpc) is 2.83. The number of carbonyl (C=O) groups is 2. The summed E-state index contributed by atoms with van der Waals surface area (Å²) in [5, 5.41) is 9.23. The van der Waals surface area contributed by atoms with Crippen LogP contribution in [0.15, 0.2) is 42.5 Å². The van der Waals surface area contributed by atoms with Crippen LogP contribution < -0.4 is 4.74 Å². The van der Waals surface area contributed by atoms with Gasteiger partial charge in [0.05, 0.1) is 31.3 Å². The summed E-state index contributed by atoms with van der Waals surface area (Å²) < 4.78 is 10.9. The van der Waals surface area contributed by atoms with Crippen LogP contribution >= 0.6 is 0 Å². The van der Waals surface area contributed by atoms with Crippen LogP contribution in [0.25, 0.3) is 0 Å². The lowest BCUT2D eigenvalue weighted by Crippen LogP contribution is -2.08. The van der Waals surface area contributed by atoms with E-state index in [-0.39, 0.29) is 18.8 Å². The number of nitrogens with zero attached hydrogens (tertiary/aromatic N) is 1. The molecule has 33 heavy (non-hydrogen) atoms. The van der Waals surface area contributed by atoms with Gasteiger partial charge in [-0.15, -0.1) is 0 Å². The molecule has 2 rings (SSSR count). The number of ketones is 1. The Morgan fingerprint density at radius 2 is 1.52 bits per heavy atom. The molecular formula is C28H35NO4. The van der Waals surface area contributed by atoms with Gasteiger partial charge in [-0.2, -0.15) is 5.26 Å². The average molecular weight is 450 g/mol. The van der Waals surface area contributed by atoms with E-state index in [4.69, 9.17) is 9.47 Å². The molecule has 0 bridgehead atoms. The third kappa shape index (κ3) is 8.73. The second kappa shape index (κ2) is 14.8. The van der Waals surface area contributed by atoms with E-state index in [1.54, 1.807) is 43.3 Å². The Labute approximate surface area is 197 Å². The van der Waals surface area contributed by atoms with Crippen molar-refractivity contribution in [1.82, 2.24) is 0 Å². The van der Waals surface area contributed by atoms with Crippen molar-refractivity contribution in [2.24, 2.45) is 0 Å². The molecule has 176 valence electrons. The van der Waals surface area contributed by atoms with Crippen molar-refractivity contribution in [3.05, 3.63) is 64.7 Å². The van der Waals surface area contributed by atoms with Crippen molar-refractivity contribution in [1.29, 1.82) is 5.26 Å². The second-order valence-electron chi connectivity index (χ2n) is 8.11. The number of hydrogen-bond acceptors (Lipinski definition) is 5. The first kappa shape index (κ1) is 26.1. The first-order valence-corrected chi connectivity index (χ1v) is 12.0. The van der Waals surface area contributed by atoms with Gasteiger partial charge < -0.3 is 9.47 Å². The smallest absolute Gasteiger partial charge is 0.338 e. The zero-order valence-corrected chi connectivity index (χ0v) is 19.9. The summed E-state index contributed by atoms with van der Waals surface area (Å²) in [4.78, 5) is 25.0. The normalized spacial score (nSPS) is 10.5. The van der Waals surface area contributed by atoms with E-state index in [1.165, 1.54) is 44.6 Å². The van der Waals surface area contributed by atoms with Crippen molar-refractivity contribution < 1.29 is 19.1 Å². The summed E-state index contributed by atoms with van der Waals surface area (Å²) in [7, 11) is 0. The van der Waals surface area contributed by atoms with E-state index in [0.717, 1.165) is 12.8 Å². The van der Waals surface area contributed by atoms with Gasteiger partial charge in [0, 0.05) is 16.7 Å². The lowest BCUT2D eigenvalue weighted by molar-refractivity contribution is 0.0526. The zero-order chi connectivity index (χ0) is 23.9. The number of rotatable bonds is 15. The Kier molecular flexibility index (Phi) is 11.7. The largest absolute Gasteiger partial charge is 0.493 e. The summed E-state index contributed by atoms with van der Waals surface area (Å²) in [6.45, 7) is 4.84. The number of nitriles is 1. The molecule has 0 heterocycles. The number of benzene rings is 2. The minimum absolute atomic E-state index is 0.163. The van der Waals surface area contributed by atoms with Gasteiger partial charge in [0.1, 0.15) is 5.75 Å². The van der Waals surface area contributed by atoms with Gasteiger partial charge in [-0.1, -0.05) is 64.0 Å². The molecule has 0 atom stereocenters. The van der Waals surface area contributed by atoms with Gasteiger partial charge in [0.2, 0.25) is 0 Å². The molecule has 2 aromatic rings. The summed E-state index contributed by atoms with van der Waals surface area (Å²) in [5.74, 6) is -0.0201. The van der Waals surface area contributed by atoms with Crippen LogP contribution in [0, 0.1) is 11.3 Å². The molecule has 0 aliphatic rings. The molecule has 5 heteroatoms. The van der Waals surface area contributed by atoms with Crippen molar-refractivity contribution in [2.75, 3.05) is 13.2 Å². The fourth-order valence-electron chi connectivity index (χ4n) is 3.67. The van der Waals surface area contributed by atoms with E-state index >= 15 is 0 Å². The molecular weight excluding hydrogens is 414 g/mol. The summed E-state index contributed by atoms with van der Waals surface area (Å²) >= 11 is 0. The Hall–Kier alpha value is -3.13. The van der Waals surface area contributed by atoms with Gasteiger partial charge in [-0.3, -0.25) is 4.79 Å². The topological polar surface area (TPSA) is 76.4 Å². The Morgan fingerprint density at radius 3 is 2.21 bits per heavy atom. The maximum Gasteiger partial charge on any atom is 0.338 e. The molecule has 0 aliphatic heterocycles. The van der Waals surface area contributed by atoms with Crippen LogP contribution in [0.3, 0.4) is 0 Å². The first-order valence-electron chi connectivity index (χ1n) is 12.0. The highest BCUT2D eigenvalue weighted by atomic mass is 16.5. The minimum Gasteiger partial charge on any atom is -0.493 e. The summed E-state index contributed by atoms with van der Waals surface area (Å²) in [6.07, 6.45) is 9.97. The molecule has 2 aromatic carbocycles. The van der Waals surface area contributed by atoms with Crippen molar-refractivity contribution in [2.45, 2.75) is 71.6 Å². The van der Waals surface area contributed by atoms with Gasteiger partial charge in [-0.25, -0.2) is 4.79 Å². The van der Waals surface area contributed by atoms with Crippen LogP contribution in [0.5, 0.6) is 5.75 Å². The molecule has 0 saturated heterocycles. The molecule has 0 aliphatic carbocycles. The standard InChI is InChI=1S/C28H35NO4/c1-3-5-6-7-8-9-10-11-19-33-26-16-15-24(20-22(26)17-18-29)27(30)23-13-12-14-25(21-23)28(31)32-4-2/h12-16,20-21H,3-11,17,19H2,1-2H3. The molecule has 0 saturated carbocycles. The lowest BCUT2D eigenvalue weighted by atomic mass is 9.98. The van der Waals surface area contributed by atoms with Gasteiger partial charge in [0.25, 0.3) is 0 Å². The van der Waals surface area contributed by atoms with E-state index < -0.39 is 5.97 Å². The number of ether oxygens (including phenoxy) is 2. The van der Waals surface area contributed by atoms with Gasteiger partial charge in [-0.05, 0) is 43.7 Å². The maximum atomic E-state index is 13.0. The van der Waals surface area contributed by atoms with Crippen LogP contribution in [0.1, 0.15) is 97.1 Å². The van der Waals surface area contributed by atoms with Crippen LogP contribution in [0.4, 0.5) is 0 Å². The van der Waals surface area contributed by atoms with Gasteiger partial charge in [0.15, 0.2) is 5.78 Å². The zero-order valence-electron chi connectivity index (χ0n) is 19.9. The summed E-state index contributed by atoms with van der Waals surface area (Å²) in [6, 6.07) is 13.8. The number of hydrogen-bond donors (Lipinski definition) is 0. The highest BCUT2D eigenvalue weighted by Gasteiger charge is 2.15. The second-order valence-corrected chi connectivity index (χ2v) is 8.11. The Bertz CT molecular complexity index is 945. The van der Waals surface area contributed by atoms with Crippen LogP contribution in [-0.2, 0) is 11.2 Å². The van der Waals surface area contributed by atoms with E-state index in [1.807, 2.05) is 0 Å². The number of carbonyl (C=O) groups excluding carboxylic acids is 2. The first-order chi connectivity index (χ1) is 16.1. The molecule has 5 nitrogen and oxygen atoms in total. The molecule has 0 unspecified atom stereocenters. The molecule has 0 amide bonds. The Morgan fingerprint density at radius 1 is 0.848 bits per heavy atom. The number of esters is 1. The van der Waals surface area contributed by atoms with Crippen molar-refractivity contribution in [3.63, 3.8) is 0 Å². The Balaban J connectivity index is 1.97. The van der Waals surface area contributed by atoms with Crippen LogP contribution in [-0.4, -0.2) is 25.0 Å². The number of unbranched alkanes of at least 4 members (excludes halogenated alkanes) is 7. The highest BCUT2D eigenvalue weighted by molar-refractivity contribution is 6.10. The summed E-state index contributed by atoms with van der Waals surface area (Å²) in [5.41, 5.74) is 1.89. The van der Waals surface area contributed by atoms with Crippen molar-refractivity contribution in [3.8, 4) is 11.8 Å². The fourth-order valence-corrected chi connectivity index (χ4v) is 3.67. The predicted octanol–water partition coefficient (Wildman–Crippen LogP) is 6.68. The molecule has 0 N–H and O–H groups in total. The molecule has 0 radical (unpaired) electrons. The maximum absolute atomic E-state index is 13.0. The fraction of sp³-hybridized carbons (Fsp3) is 0.464. The minimum atomic E-state index is -0.456. The molecule has 0 spiro atoms. The predicted molar refractivity (Wildman–Crippen MR) is 130 cm³/mol. The SMILES string of the molecule is CCCCCCCCCCOc1ccc(C(=O)c2cccc(C(=O)OCC)c2)cc1CC#N. The van der Waals surface area contributed by atoms with E-state index in [2.05, 4.69) is 13.0 Å². The third-order valence-electron chi connectivity index (χ3n) is 5.48. The van der Waals surface area contributed by atoms with Crippen LogP contribution in [0.2, 0.25) is 0 Å². The highest BCUT2D eigenvalue weighted by Crippen LogP contribution is 2.23. The van der Waals surface area contributed by atoms with Gasteiger partial charge >= 0.3 is 5.97 Å². The quantitative estimate of drug-likeness (QED) is 0.172. The monoisotopic (exact) mass is 449 g/mol. The van der Waals surface area contributed by atoms with Crippen molar-refractivity contribution >= 4 is 11.8 Å². The lowest BCUT2D eigenvalue weighted by Gasteiger charge is -2.12. The molecule has 0 aromatic heterocycles. The van der Waals surface area contributed by atoms with E-state index in [0.29, 0.717) is 34.6 Å². The molecule has 0 fully saturated rings. The van der Waals surface area contributed by atoms with E-state index in [9.17, 15) is 14.9 Å².